The second kappa shape index (κ2) is 7.07. The number of sulfonamides is 1. The Hall–Kier alpha value is -0.850. The molecule has 0 atom stereocenters. The Labute approximate surface area is 116 Å². The van der Waals surface area contributed by atoms with Gasteiger partial charge in [-0.2, -0.15) is 0 Å². The topological polar surface area (TPSA) is 62.6 Å². The standard InChI is InChI=1S/C13H24N2O3S/c1-5-7-14-10-12-9-13(11(3)18-12)19(16,17)15(4)8-6-2/h9,14H,5-8,10H2,1-4H3. The van der Waals surface area contributed by atoms with E-state index in [1.54, 1.807) is 20.0 Å². The van der Waals surface area contributed by atoms with E-state index in [9.17, 15) is 8.42 Å². The average molecular weight is 288 g/mol. The van der Waals surface area contributed by atoms with E-state index in [0.29, 0.717) is 24.6 Å². The Morgan fingerprint density at radius 3 is 2.58 bits per heavy atom. The van der Waals surface area contributed by atoms with Crippen LogP contribution in [0.5, 0.6) is 0 Å². The molecule has 110 valence electrons. The summed E-state index contributed by atoms with van der Waals surface area (Å²) in [5.74, 6) is 1.12. The average Bonchev–Trinajstić information content (AvgIpc) is 2.72. The predicted molar refractivity (Wildman–Crippen MR) is 75.5 cm³/mol. The minimum atomic E-state index is -3.43. The Kier molecular flexibility index (Phi) is 6.03. The molecule has 1 aromatic rings. The van der Waals surface area contributed by atoms with Crippen molar-refractivity contribution in [2.24, 2.45) is 0 Å². The fourth-order valence-corrected chi connectivity index (χ4v) is 3.30. The minimum Gasteiger partial charge on any atom is -0.464 e. The van der Waals surface area contributed by atoms with Gasteiger partial charge in [-0.15, -0.1) is 0 Å². The Morgan fingerprint density at radius 1 is 1.32 bits per heavy atom. The van der Waals surface area contributed by atoms with Gasteiger partial charge in [-0.05, 0) is 26.3 Å². The third-order valence-electron chi connectivity index (χ3n) is 2.88. The van der Waals surface area contributed by atoms with E-state index >= 15 is 0 Å². The van der Waals surface area contributed by atoms with Crippen LogP contribution in [0.1, 0.15) is 38.2 Å². The van der Waals surface area contributed by atoms with Crippen molar-refractivity contribution < 1.29 is 12.8 Å². The van der Waals surface area contributed by atoms with Gasteiger partial charge in [0.25, 0.3) is 0 Å². The van der Waals surface area contributed by atoms with Crippen LogP contribution >= 0.6 is 0 Å². The maximum Gasteiger partial charge on any atom is 0.246 e. The van der Waals surface area contributed by atoms with Crippen LogP contribution in [0.15, 0.2) is 15.4 Å². The van der Waals surface area contributed by atoms with Gasteiger partial charge >= 0.3 is 0 Å². The minimum absolute atomic E-state index is 0.275. The first-order valence-corrected chi connectivity index (χ1v) is 8.13. The van der Waals surface area contributed by atoms with Crippen LogP contribution in [-0.4, -0.2) is 32.9 Å². The SMILES string of the molecule is CCCNCc1cc(S(=O)(=O)N(C)CCC)c(C)o1. The Bertz CT molecular complexity index is 494. The maximum absolute atomic E-state index is 12.3. The van der Waals surface area contributed by atoms with Crippen LogP contribution in [0.3, 0.4) is 0 Å². The summed E-state index contributed by atoms with van der Waals surface area (Å²) in [6.45, 7) is 7.68. The zero-order valence-electron chi connectivity index (χ0n) is 12.2. The quantitative estimate of drug-likeness (QED) is 0.744. The molecule has 0 fully saturated rings. The van der Waals surface area contributed by atoms with Crippen molar-refractivity contribution in [1.29, 1.82) is 0 Å². The summed E-state index contributed by atoms with van der Waals surface area (Å²) in [5, 5.41) is 3.20. The summed E-state index contributed by atoms with van der Waals surface area (Å²) < 4.78 is 31.5. The molecule has 6 heteroatoms. The van der Waals surface area contributed by atoms with Crippen LogP contribution in [0.2, 0.25) is 0 Å². The van der Waals surface area contributed by atoms with Crippen LogP contribution < -0.4 is 5.32 Å². The normalized spacial score (nSPS) is 12.3. The third kappa shape index (κ3) is 4.06. The fraction of sp³-hybridized carbons (Fsp3) is 0.692. The second-order valence-electron chi connectivity index (χ2n) is 4.64. The molecule has 1 N–H and O–H groups in total. The monoisotopic (exact) mass is 288 g/mol. The van der Waals surface area contributed by atoms with E-state index in [1.165, 1.54) is 4.31 Å². The van der Waals surface area contributed by atoms with E-state index in [4.69, 9.17) is 4.42 Å². The van der Waals surface area contributed by atoms with Crippen molar-refractivity contribution in [3.05, 3.63) is 17.6 Å². The third-order valence-corrected chi connectivity index (χ3v) is 4.84. The predicted octanol–water partition coefficient (Wildman–Crippen LogP) is 2.12. The summed E-state index contributed by atoms with van der Waals surface area (Å²) in [7, 11) is -1.83. The number of aryl methyl sites for hydroxylation is 1. The van der Waals surface area contributed by atoms with Crippen LogP contribution in [0, 0.1) is 6.92 Å². The lowest BCUT2D eigenvalue weighted by molar-refractivity contribution is 0.449. The number of nitrogens with zero attached hydrogens (tertiary/aromatic N) is 1. The lowest BCUT2D eigenvalue weighted by Gasteiger charge is -2.15. The van der Waals surface area contributed by atoms with E-state index in [2.05, 4.69) is 12.2 Å². The zero-order valence-corrected chi connectivity index (χ0v) is 13.0. The van der Waals surface area contributed by atoms with Crippen LogP contribution in [0.25, 0.3) is 0 Å². The molecule has 1 aromatic heterocycles. The molecule has 0 aliphatic rings. The molecular weight excluding hydrogens is 264 g/mol. The molecule has 0 aromatic carbocycles. The molecule has 1 rings (SSSR count). The molecule has 0 saturated heterocycles. The molecule has 0 bridgehead atoms. The van der Waals surface area contributed by atoms with Gasteiger partial charge < -0.3 is 9.73 Å². The molecule has 0 radical (unpaired) electrons. The van der Waals surface area contributed by atoms with Crippen molar-refractivity contribution in [2.75, 3.05) is 20.1 Å². The molecule has 1 heterocycles. The number of rotatable bonds is 8. The molecule has 0 spiro atoms. The molecule has 0 aliphatic carbocycles. The van der Waals surface area contributed by atoms with E-state index in [-0.39, 0.29) is 4.90 Å². The molecule has 5 nitrogen and oxygen atoms in total. The summed E-state index contributed by atoms with van der Waals surface area (Å²) in [5.41, 5.74) is 0. The molecule has 0 unspecified atom stereocenters. The van der Waals surface area contributed by atoms with Crippen molar-refractivity contribution in [2.45, 2.75) is 45.1 Å². The van der Waals surface area contributed by atoms with Crippen molar-refractivity contribution >= 4 is 10.0 Å². The lowest BCUT2D eigenvalue weighted by atomic mass is 10.4. The molecule has 0 saturated carbocycles. The number of nitrogens with one attached hydrogen (secondary N) is 1. The zero-order chi connectivity index (χ0) is 14.5. The highest BCUT2D eigenvalue weighted by Gasteiger charge is 2.25. The summed E-state index contributed by atoms with van der Waals surface area (Å²) in [4.78, 5) is 0.275. The summed E-state index contributed by atoms with van der Waals surface area (Å²) >= 11 is 0. The number of hydrogen-bond donors (Lipinski definition) is 1. The van der Waals surface area contributed by atoms with E-state index in [0.717, 1.165) is 19.4 Å². The summed E-state index contributed by atoms with van der Waals surface area (Å²) in [6.07, 6.45) is 1.82. The molecule has 19 heavy (non-hydrogen) atoms. The Balaban J connectivity index is 2.89. The molecular formula is C13H24N2O3S. The number of hydrogen-bond acceptors (Lipinski definition) is 4. The van der Waals surface area contributed by atoms with Gasteiger partial charge in [0, 0.05) is 19.7 Å². The smallest absolute Gasteiger partial charge is 0.246 e. The van der Waals surface area contributed by atoms with Gasteiger partial charge in [-0.3, -0.25) is 0 Å². The van der Waals surface area contributed by atoms with Crippen LogP contribution in [0.4, 0.5) is 0 Å². The highest BCUT2D eigenvalue weighted by atomic mass is 32.2. The highest BCUT2D eigenvalue weighted by Crippen LogP contribution is 2.23. The van der Waals surface area contributed by atoms with Crippen LogP contribution in [-0.2, 0) is 16.6 Å². The molecule has 0 amide bonds. The number of furan rings is 1. The lowest BCUT2D eigenvalue weighted by Crippen LogP contribution is -2.27. The van der Waals surface area contributed by atoms with Gasteiger partial charge in [0.15, 0.2) is 0 Å². The second-order valence-corrected chi connectivity index (χ2v) is 6.65. The van der Waals surface area contributed by atoms with Gasteiger partial charge in [0.1, 0.15) is 16.4 Å². The van der Waals surface area contributed by atoms with Crippen molar-refractivity contribution in [3.63, 3.8) is 0 Å². The fourth-order valence-electron chi connectivity index (χ4n) is 1.86. The first-order chi connectivity index (χ1) is 8.93. The highest BCUT2D eigenvalue weighted by molar-refractivity contribution is 7.89. The van der Waals surface area contributed by atoms with Crippen molar-refractivity contribution in [3.8, 4) is 0 Å². The maximum atomic E-state index is 12.3. The molecule has 0 aliphatic heterocycles. The van der Waals surface area contributed by atoms with Gasteiger partial charge in [-0.25, -0.2) is 12.7 Å². The van der Waals surface area contributed by atoms with Gasteiger partial charge in [-0.1, -0.05) is 13.8 Å². The van der Waals surface area contributed by atoms with E-state index < -0.39 is 10.0 Å². The largest absolute Gasteiger partial charge is 0.464 e. The van der Waals surface area contributed by atoms with Crippen molar-refractivity contribution in [1.82, 2.24) is 9.62 Å². The van der Waals surface area contributed by atoms with Gasteiger partial charge in [0.05, 0.1) is 6.54 Å². The first-order valence-electron chi connectivity index (χ1n) is 6.69. The first kappa shape index (κ1) is 16.2. The Morgan fingerprint density at radius 2 is 2.00 bits per heavy atom. The van der Waals surface area contributed by atoms with Gasteiger partial charge in [0.2, 0.25) is 10.0 Å². The van der Waals surface area contributed by atoms with E-state index in [1.807, 2.05) is 6.92 Å². The summed E-state index contributed by atoms with van der Waals surface area (Å²) in [6, 6.07) is 1.62.